The average Bonchev–Trinajstić information content (AvgIpc) is 3.50. The van der Waals surface area contributed by atoms with Crippen molar-refractivity contribution >= 4 is 5.91 Å². The minimum atomic E-state index is -0.285. The van der Waals surface area contributed by atoms with E-state index in [1.54, 1.807) is 16.8 Å². The summed E-state index contributed by atoms with van der Waals surface area (Å²) < 4.78 is 20.3. The van der Waals surface area contributed by atoms with Gasteiger partial charge in [0.05, 0.1) is 6.61 Å². The van der Waals surface area contributed by atoms with Crippen LogP contribution in [-0.4, -0.2) is 39.8 Å². The predicted octanol–water partition coefficient (Wildman–Crippen LogP) is 4.30. The van der Waals surface area contributed by atoms with E-state index < -0.39 is 0 Å². The summed E-state index contributed by atoms with van der Waals surface area (Å²) in [6, 6.07) is 16.1. The Morgan fingerprint density at radius 3 is 2.59 bits per heavy atom. The van der Waals surface area contributed by atoms with Gasteiger partial charge in [-0.15, -0.1) is 0 Å². The van der Waals surface area contributed by atoms with Crippen LogP contribution in [0.4, 0.5) is 4.39 Å². The van der Waals surface area contributed by atoms with Crippen LogP contribution < -0.4 is 4.74 Å². The molecule has 1 aromatic heterocycles. The molecule has 4 rings (SSSR count). The highest BCUT2D eigenvalue weighted by Gasteiger charge is 2.34. The van der Waals surface area contributed by atoms with Crippen LogP contribution in [0, 0.1) is 5.82 Å². The monoisotopic (exact) mass is 393 g/mol. The Morgan fingerprint density at radius 2 is 1.90 bits per heavy atom. The van der Waals surface area contributed by atoms with Gasteiger partial charge in [0.15, 0.2) is 5.69 Å². The molecule has 29 heavy (non-hydrogen) atoms. The summed E-state index contributed by atoms with van der Waals surface area (Å²) in [6.45, 7) is 1.07. The molecular weight excluding hydrogens is 369 g/mol. The van der Waals surface area contributed by atoms with E-state index in [4.69, 9.17) is 4.74 Å². The highest BCUT2D eigenvalue weighted by atomic mass is 19.1. The van der Waals surface area contributed by atoms with E-state index >= 15 is 0 Å². The van der Waals surface area contributed by atoms with E-state index in [1.165, 1.54) is 12.1 Å². The Labute approximate surface area is 169 Å². The van der Waals surface area contributed by atoms with Crippen molar-refractivity contribution in [1.82, 2.24) is 14.7 Å². The van der Waals surface area contributed by atoms with Gasteiger partial charge in [0.2, 0.25) is 0 Å². The van der Waals surface area contributed by atoms with E-state index in [2.05, 4.69) is 5.10 Å². The van der Waals surface area contributed by atoms with Gasteiger partial charge in [-0.1, -0.05) is 30.3 Å². The van der Waals surface area contributed by atoms with Gasteiger partial charge in [0, 0.05) is 31.4 Å². The van der Waals surface area contributed by atoms with Crippen LogP contribution in [0.5, 0.6) is 5.75 Å². The van der Waals surface area contributed by atoms with Crippen molar-refractivity contribution in [2.24, 2.45) is 7.05 Å². The van der Waals surface area contributed by atoms with Gasteiger partial charge in [-0.25, -0.2) is 4.39 Å². The van der Waals surface area contributed by atoms with E-state index in [-0.39, 0.29) is 17.8 Å². The second-order valence-corrected chi connectivity index (χ2v) is 7.32. The second kappa shape index (κ2) is 8.47. The molecule has 150 valence electrons. The van der Waals surface area contributed by atoms with Crippen molar-refractivity contribution in [3.05, 3.63) is 72.3 Å². The molecule has 0 radical (unpaired) electrons. The fourth-order valence-corrected chi connectivity index (χ4v) is 3.40. The zero-order valence-corrected chi connectivity index (χ0v) is 16.4. The van der Waals surface area contributed by atoms with Crippen LogP contribution in [0.2, 0.25) is 0 Å². The molecule has 1 amide bonds. The number of halogens is 1. The number of aromatic nitrogens is 2. The van der Waals surface area contributed by atoms with Crippen molar-refractivity contribution in [3.63, 3.8) is 0 Å². The molecular formula is C23H24FN3O2. The first-order valence-corrected chi connectivity index (χ1v) is 9.90. The van der Waals surface area contributed by atoms with Crippen molar-refractivity contribution in [1.29, 1.82) is 0 Å². The normalized spacial score (nSPS) is 13.3. The molecule has 0 spiro atoms. The van der Waals surface area contributed by atoms with Crippen LogP contribution in [-0.2, 0) is 7.05 Å². The molecule has 6 heteroatoms. The Hall–Kier alpha value is -3.15. The number of carbonyl (C=O) groups is 1. The first-order valence-electron chi connectivity index (χ1n) is 9.90. The molecule has 3 aromatic rings. The van der Waals surface area contributed by atoms with Crippen molar-refractivity contribution in [2.75, 3.05) is 13.2 Å². The van der Waals surface area contributed by atoms with E-state index in [9.17, 15) is 9.18 Å². The molecule has 1 aliphatic rings. The molecule has 0 N–H and O–H groups in total. The van der Waals surface area contributed by atoms with E-state index in [0.717, 1.165) is 24.0 Å². The lowest BCUT2D eigenvalue weighted by Gasteiger charge is -2.22. The van der Waals surface area contributed by atoms with Crippen LogP contribution in [0.3, 0.4) is 0 Å². The summed E-state index contributed by atoms with van der Waals surface area (Å²) in [5.74, 6) is 0.313. The SMILES string of the molecule is Cn1cc(-c2ccccc2)c(C(=O)N(CCCOc2ccc(F)cc2)C2CC2)n1. The third kappa shape index (κ3) is 4.65. The highest BCUT2D eigenvalue weighted by molar-refractivity contribution is 5.99. The van der Waals surface area contributed by atoms with Gasteiger partial charge in [0.25, 0.3) is 5.91 Å². The number of hydrogen-bond acceptors (Lipinski definition) is 3. The van der Waals surface area contributed by atoms with Gasteiger partial charge >= 0.3 is 0 Å². The first-order chi connectivity index (χ1) is 14.1. The zero-order chi connectivity index (χ0) is 20.2. The average molecular weight is 393 g/mol. The molecule has 0 saturated heterocycles. The standard InChI is InChI=1S/C23H24FN3O2/c1-26-16-21(17-6-3-2-4-7-17)22(25-26)23(28)27(19-10-11-19)14-5-15-29-20-12-8-18(24)9-13-20/h2-4,6-9,12-13,16,19H,5,10-11,14-15H2,1H3. The first kappa shape index (κ1) is 19.2. The number of hydrogen-bond donors (Lipinski definition) is 0. The Kier molecular flexibility index (Phi) is 5.60. The molecule has 5 nitrogen and oxygen atoms in total. The van der Waals surface area contributed by atoms with Crippen molar-refractivity contribution in [2.45, 2.75) is 25.3 Å². The van der Waals surface area contributed by atoms with Crippen LogP contribution in [0.25, 0.3) is 11.1 Å². The van der Waals surface area contributed by atoms with Gasteiger partial charge in [-0.05, 0) is 49.1 Å². The van der Waals surface area contributed by atoms with Gasteiger partial charge < -0.3 is 9.64 Å². The lowest BCUT2D eigenvalue weighted by atomic mass is 10.1. The van der Waals surface area contributed by atoms with Crippen LogP contribution >= 0.6 is 0 Å². The summed E-state index contributed by atoms with van der Waals surface area (Å²) in [5, 5.41) is 4.46. The summed E-state index contributed by atoms with van der Waals surface area (Å²) in [5.41, 5.74) is 2.33. The second-order valence-electron chi connectivity index (χ2n) is 7.32. The smallest absolute Gasteiger partial charge is 0.275 e. The lowest BCUT2D eigenvalue weighted by molar-refractivity contribution is 0.0728. The number of benzene rings is 2. The summed E-state index contributed by atoms with van der Waals surface area (Å²) in [4.78, 5) is 15.2. The van der Waals surface area contributed by atoms with Crippen LogP contribution in [0.15, 0.2) is 60.8 Å². The third-order valence-corrected chi connectivity index (χ3v) is 4.99. The summed E-state index contributed by atoms with van der Waals surface area (Å²) in [7, 11) is 1.83. The summed E-state index contributed by atoms with van der Waals surface area (Å²) in [6.07, 6.45) is 4.65. The topological polar surface area (TPSA) is 47.4 Å². The number of rotatable bonds is 8. The van der Waals surface area contributed by atoms with Gasteiger partial charge in [0.1, 0.15) is 11.6 Å². The van der Waals surface area contributed by atoms with Crippen molar-refractivity contribution < 1.29 is 13.9 Å². The number of nitrogens with zero attached hydrogens (tertiary/aromatic N) is 3. The maximum Gasteiger partial charge on any atom is 0.275 e. The molecule has 2 aromatic carbocycles. The number of carbonyl (C=O) groups excluding carboxylic acids is 1. The van der Waals surface area contributed by atoms with E-state index in [1.807, 2.05) is 48.5 Å². The largest absolute Gasteiger partial charge is 0.494 e. The number of ether oxygens (including phenoxy) is 1. The zero-order valence-electron chi connectivity index (χ0n) is 16.4. The lowest BCUT2D eigenvalue weighted by Crippen LogP contribution is -2.35. The molecule has 1 aliphatic carbocycles. The van der Waals surface area contributed by atoms with Gasteiger partial charge in [-0.3, -0.25) is 9.48 Å². The highest BCUT2D eigenvalue weighted by Crippen LogP contribution is 2.31. The van der Waals surface area contributed by atoms with E-state index in [0.29, 0.717) is 31.0 Å². The van der Waals surface area contributed by atoms with Gasteiger partial charge in [-0.2, -0.15) is 5.10 Å². The van der Waals surface area contributed by atoms with Crippen LogP contribution in [0.1, 0.15) is 29.8 Å². The molecule has 0 bridgehead atoms. The molecule has 1 fully saturated rings. The molecule has 1 heterocycles. The Bertz CT molecular complexity index is 966. The Balaban J connectivity index is 1.43. The molecule has 0 unspecified atom stereocenters. The predicted molar refractivity (Wildman–Crippen MR) is 109 cm³/mol. The molecule has 1 saturated carbocycles. The minimum Gasteiger partial charge on any atom is -0.494 e. The summed E-state index contributed by atoms with van der Waals surface area (Å²) >= 11 is 0. The maximum atomic E-state index is 13.3. The number of amides is 1. The molecule has 0 atom stereocenters. The third-order valence-electron chi connectivity index (χ3n) is 4.99. The fourth-order valence-electron chi connectivity index (χ4n) is 3.40. The van der Waals surface area contributed by atoms with Crippen molar-refractivity contribution in [3.8, 4) is 16.9 Å². The Morgan fingerprint density at radius 1 is 1.17 bits per heavy atom. The molecule has 0 aliphatic heterocycles. The number of aryl methyl sites for hydroxylation is 1. The quantitative estimate of drug-likeness (QED) is 0.536. The minimum absolute atomic E-state index is 0.0336. The maximum absolute atomic E-state index is 13.3. The fraction of sp³-hybridized carbons (Fsp3) is 0.304.